The SMILES string of the molecule is O=C(c1cc(F)c(F)cc1Cl)N1C2CCNCC1CC2. The van der Waals surface area contributed by atoms with Crippen LogP contribution >= 0.6 is 11.6 Å². The Morgan fingerprint density at radius 2 is 1.90 bits per heavy atom. The van der Waals surface area contributed by atoms with E-state index in [4.69, 9.17) is 11.6 Å². The zero-order chi connectivity index (χ0) is 14.3. The molecule has 2 bridgehead atoms. The Balaban J connectivity index is 1.94. The molecule has 6 heteroatoms. The maximum atomic E-state index is 13.4. The molecule has 20 heavy (non-hydrogen) atoms. The molecule has 2 aliphatic rings. The van der Waals surface area contributed by atoms with Gasteiger partial charge in [-0.2, -0.15) is 0 Å². The van der Waals surface area contributed by atoms with Crippen LogP contribution in [0.25, 0.3) is 0 Å². The van der Waals surface area contributed by atoms with Crippen molar-refractivity contribution in [1.29, 1.82) is 0 Å². The minimum Gasteiger partial charge on any atom is -0.331 e. The van der Waals surface area contributed by atoms with Crippen molar-refractivity contribution in [3.63, 3.8) is 0 Å². The number of nitrogens with zero attached hydrogens (tertiary/aromatic N) is 1. The highest BCUT2D eigenvalue weighted by molar-refractivity contribution is 6.33. The molecule has 2 unspecified atom stereocenters. The number of halogens is 3. The lowest BCUT2D eigenvalue weighted by Crippen LogP contribution is -2.42. The summed E-state index contributed by atoms with van der Waals surface area (Å²) < 4.78 is 26.5. The van der Waals surface area contributed by atoms with E-state index in [0.717, 1.165) is 44.5 Å². The Bertz CT molecular complexity index is 538. The fourth-order valence-corrected chi connectivity index (χ4v) is 3.37. The summed E-state index contributed by atoms with van der Waals surface area (Å²) in [5.74, 6) is -2.38. The lowest BCUT2D eigenvalue weighted by atomic mass is 10.1. The van der Waals surface area contributed by atoms with Crippen molar-refractivity contribution in [3.05, 3.63) is 34.4 Å². The minimum atomic E-state index is -1.04. The molecule has 3 nitrogen and oxygen atoms in total. The lowest BCUT2D eigenvalue weighted by molar-refractivity contribution is 0.0680. The van der Waals surface area contributed by atoms with Gasteiger partial charge in [0.25, 0.3) is 5.91 Å². The van der Waals surface area contributed by atoms with E-state index in [1.807, 2.05) is 0 Å². The van der Waals surface area contributed by atoms with Crippen molar-refractivity contribution in [2.24, 2.45) is 0 Å². The number of amides is 1. The number of nitrogens with one attached hydrogen (secondary N) is 1. The highest BCUT2D eigenvalue weighted by Crippen LogP contribution is 2.31. The van der Waals surface area contributed by atoms with E-state index in [2.05, 4.69) is 5.32 Å². The van der Waals surface area contributed by atoms with E-state index < -0.39 is 11.6 Å². The van der Waals surface area contributed by atoms with Gasteiger partial charge in [-0.1, -0.05) is 11.6 Å². The number of benzene rings is 1. The molecule has 2 fully saturated rings. The molecule has 2 heterocycles. The van der Waals surface area contributed by atoms with E-state index in [1.54, 1.807) is 4.90 Å². The standard InChI is InChI=1S/C14H15ClF2N2O/c15-11-6-13(17)12(16)5-10(11)14(20)19-8-1-2-9(19)7-18-4-3-8/h5-6,8-9,18H,1-4,7H2. The average Bonchev–Trinajstić information content (AvgIpc) is 2.66. The zero-order valence-electron chi connectivity index (χ0n) is 10.8. The molecule has 1 amide bonds. The molecule has 1 aromatic rings. The van der Waals surface area contributed by atoms with Crippen LogP contribution in [0.5, 0.6) is 0 Å². The molecule has 0 spiro atoms. The van der Waals surface area contributed by atoms with Gasteiger partial charge in [-0.25, -0.2) is 8.78 Å². The third-order valence-electron chi connectivity index (χ3n) is 4.13. The summed E-state index contributed by atoms with van der Waals surface area (Å²) in [5.41, 5.74) is 0.0457. The molecule has 0 saturated carbocycles. The Morgan fingerprint density at radius 3 is 2.70 bits per heavy atom. The number of carbonyl (C=O) groups is 1. The normalized spacial score (nSPS) is 25.6. The van der Waals surface area contributed by atoms with Gasteiger partial charge in [-0.05, 0) is 37.9 Å². The second kappa shape index (κ2) is 5.30. The molecule has 1 N–H and O–H groups in total. The van der Waals surface area contributed by atoms with E-state index >= 15 is 0 Å². The Hall–Kier alpha value is -1.20. The molecule has 0 aliphatic carbocycles. The number of fused-ring (bicyclic) bond motifs is 2. The quantitative estimate of drug-likeness (QED) is 0.809. The first-order valence-electron chi connectivity index (χ1n) is 6.76. The van der Waals surface area contributed by atoms with Gasteiger partial charge in [-0.15, -0.1) is 0 Å². The number of hydrogen-bond donors (Lipinski definition) is 1. The third-order valence-corrected chi connectivity index (χ3v) is 4.44. The lowest BCUT2D eigenvalue weighted by Gasteiger charge is -2.28. The average molecular weight is 301 g/mol. The van der Waals surface area contributed by atoms with Crippen LogP contribution in [0.3, 0.4) is 0 Å². The van der Waals surface area contributed by atoms with Crippen molar-refractivity contribution in [2.45, 2.75) is 31.3 Å². The largest absolute Gasteiger partial charge is 0.331 e. The second-order valence-corrected chi connectivity index (χ2v) is 5.74. The number of rotatable bonds is 1. The Labute approximate surface area is 120 Å². The number of carbonyl (C=O) groups excluding carboxylic acids is 1. The fourth-order valence-electron chi connectivity index (χ4n) is 3.14. The first kappa shape index (κ1) is 13.8. The maximum Gasteiger partial charge on any atom is 0.256 e. The molecule has 3 rings (SSSR count). The van der Waals surface area contributed by atoms with Gasteiger partial charge in [0.1, 0.15) is 0 Å². The van der Waals surface area contributed by atoms with Gasteiger partial charge in [0.15, 0.2) is 11.6 Å². The van der Waals surface area contributed by atoms with Crippen molar-refractivity contribution in [3.8, 4) is 0 Å². The van der Waals surface area contributed by atoms with Gasteiger partial charge in [0.2, 0.25) is 0 Å². The van der Waals surface area contributed by atoms with Crippen LogP contribution in [0, 0.1) is 11.6 Å². The van der Waals surface area contributed by atoms with Crippen LogP contribution in [-0.2, 0) is 0 Å². The summed E-state index contributed by atoms with van der Waals surface area (Å²) in [7, 11) is 0. The van der Waals surface area contributed by atoms with Crippen LogP contribution in [0.2, 0.25) is 5.02 Å². The van der Waals surface area contributed by atoms with Crippen molar-refractivity contribution in [1.82, 2.24) is 10.2 Å². The van der Waals surface area contributed by atoms with Crippen molar-refractivity contribution >= 4 is 17.5 Å². The van der Waals surface area contributed by atoms with E-state index in [-0.39, 0.29) is 28.6 Å². The predicted molar refractivity (Wildman–Crippen MR) is 71.8 cm³/mol. The zero-order valence-corrected chi connectivity index (χ0v) is 11.6. The smallest absolute Gasteiger partial charge is 0.256 e. The predicted octanol–water partition coefficient (Wildman–Crippen LogP) is 2.58. The summed E-state index contributed by atoms with van der Waals surface area (Å²) in [6.45, 7) is 1.61. The highest BCUT2D eigenvalue weighted by Gasteiger charge is 2.39. The van der Waals surface area contributed by atoms with Gasteiger partial charge in [-0.3, -0.25) is 4.79 Å². The highest BCUT2D eigenvalue weighted by atomic mass is 35.5. The summed E-state index contributed by atoms with van der Waals surface area (Å²) in [6, 6.07) is 2.03. The van der Waals surface area contributed by atoms with Gasteiger partial charge >= 0.3 is 0 Å². The molecular formula is C14H15ClF2N2O. The molecule has 2 aliphatic heterocycles. The van der Waals surface area contributed by atoms with Crippen LogP contribution in [0.4, 0.5) is 8.78 Å². The van der Waals surface area contributed by atoms with E-state index in [1.165, 1.54) is 0 Å². The van der Waals surface area contributed by atoms with Crippen molar-refractivity contribution in [2.75, 3.05) is 13.1 Å². The minimum absolute atomic E-state index is 0.0366. The van der Waals surface area contributed by atoms with Crippen LogP contribution in [-0.4, -0.2) is 36.0 Å². The third kappa shape index (κ3) is 2.29. The Kier molecular flexibility index (Phi) is 3.65. The maximum absolute atomic E-state index is 13.4. The molecule has 0 aromatic heterocycles. The summed E-state index contributed by atoms with van der Waals surface area (Å²) in [5, 5.41) is 3.25. The molecule has 1 aromatic carbocycles. The van der Waals surface area contributed by atoms with Crippen LogP contribution in [0.15, 0.2) is 12.1 Å². The molecule has 0 radical (unpaired) electrons. The van der Waals surface area contributed by atoms with Gasteiger partial charge < -0.3 is 10.2 Å². The molecular weight excluding hydrogens is 286 g/mol. The van der Waals surface area contributed by atoms with Crippen LogP contribution < -0.4 is 5.32 Å². The molecule has 2 atom stereocenters. The summed E-state index contributed by atoms with van der Waals surface area (Å²) >= 11 is 5.90. The number of hydrogen-bond acceptors (Lipinski definition) is 2. The van der Waals surface area contributed by atoms with Crippen LogP contribution in [0.1, 0.15) is 29.6 Å². The first-order chi connectivity index (χ1) is 9.58. The van der Waals surface area contributed by atoms with E-state index in [9.17, 15) is 13.6 Å². The molecule has 2 saturated heterocycles. The summed E-state index contributed by atoms with van der Waals surface area (Å²) in [6.07, 6.45) is 2.77. The fraction of sp³-hybridized carbons (Fsp3) is 0.500. The second-order valence-electron chi connectivity index (χ2n) is 5.34. The first-order valence-corrected chi connectivity index (χ1v) is 7.13. The van der Waals surface area contributed by atoms with E-state index in [0.29, 0.717) is 0 Å². The monoisotopic (exact) mass is 300 g/mol. The van der Waals surface area contributed by atoms with Gasteiger partial charge in [0, 0.05) is 18.6 Å². The summed E-state index contributed by atoms with van der Waals surface area (Å²) in [4.78, 5) is 14.4. The van der Waals surface area contributed by atoms with Gasteiger partial charge in [0.05, 0.1) is 10.6 Å². The topological polar surface area (TPSA) is 32.3 Å². The molecule has 108 valence electrons. The Morgan fingerprint density at radius 1 is 1.20 bits per heavy atom. The van der Waals surface area contributed by atoms with Crippen molar-refractivity contribution < 1.29 is 13.6 Å².